The Bertz CT molecular complexity index is 612. The Morgan fingerprint density at radius 1 is 1.20 bits per heavy atom. The summed E-state index contributed by atoms with van der Waals surface area (Å²) in [5, 5.41) is 8.16. The van der Waals surface area contributed by atoms with E-state index in [0.717, 1.165) is 23.3 Å². The van der Waals surface area contributed by atoms with Crippen LogP contribution in [0.1, 0.15) is 30.1 Å². The molecular formula is C16H20BrN3. The van der Waals surface area contributed by atoms with Crippen LogP contribution in [0.2, 0.25) is 0 Å². The third-order valence-electron chi connectivity index (χ3n) is 4.08. The van der Waals surface area contributed by atoms with Gasteiger partial charge >= 0.3 is 0 Å². The minimum Gasteiger partial charge on any atom is -0.317 e. The summed E-state index contributed by atoms with van der Waals surface area (Å²) in [7, 11) is 0. The van der Waals surface area contributed by atoms with Crippen LogP contribution in [0.5, 0.6) is 0 Å². The highest BCUT2D eigenvalue weighted by molar-refractivity contribution is 9.10. The number of hydrogen-bond donors (Lipinski definition) is 1. The summed E-state index contributed by atoms with van der Waals surface area (Å²) in [6.45, 7) is 6.45. The molecule has 0 atom stereocenters. The molecule has 1 aliphatic rings. The van der Waals surface area contributed by atoms with Crippen molar-refractivity contribution < 1.29 is 0 Å². The molecule has 0 spiro atoms. The molecule has 0 aliphatic carbocycles. The summed E-state index contributed by atoms with van der Waals surface area (Å²) in [6, 6.07) is 6.98. The van der Waals surface area contributed by atoms with Crippen LogP contribution in [0.3, 0.4) is 0 Å². The first kappa shape index (κ1) is 13.8. The number of nitrogens with one attached hydrogen (secondary N) is 1. The lowest BCUT2D eigenvalue weighted by molar-refractivity contribution is 0.342. The summed E-state index contributed by atoms with van der Waals surface area (Å²) in [4.78, 5) is 0. The maximum Gasteiger partial charge on any atom is 0.0672 e. The summed E-state index contributed by atoms with van der Waals surface area (Å²) >= 11 is 3.53. The van der Waals surface area contributed by atoms with Gasteiger partial charge in [0.2, 0.25) is 0 Å². The zero-order chi connectivity index (χ0) is 14.1. The minimum atomic E-state index is 0.541. The van der Waals surface area contributed by atoms with Gasteiger partial charge in [0.05, 0.1) is 11.7 Å². The van der Waals surface area contributed by atoms with Crippen molar-refractivity contribution >= 4 is 15.9 Å². The fourth-order valence-electron chi connectivity index (χ4n) is 2.93. The molecule has 20 heavy (non-hydrogen) atoms. The van der Waals surface area contributed by atoms with Gasteiger partial charge in [0.25, 0.3) is 0 Å². The smallest absolute Gasteiger partial charge is 0.0672 e. The van der Waals surface area contributed by atoms with Crippen molar-refractivity contribution in [2.75, 3.05) is 13.1 Å². The van der Waals surface area contributed by atoms with Crippen LogP contribution in [-0.4, -0.2) is 22.9 Å². The molecule has 1 saturated heterocycles. The van der Waals surface area contributed by atoms with E-state index >= 15 is 0 Å². The van der Waals surface area contributed by atoms with Crippen molar-refractivity contribution in [1.29, 1.82) is 0 Å². The van der Waals surface area contributed by atoms with Gasteiger partial charge in [-0.15, -0.1) is 0 Å². The lowest BCUT2D eigenvalue weighted by atomic mass is 10.0. The van der Waals surface area contributed by atoms with Crippen LogP contribution in [0.4, 0.5) is 0 Å². The lowest BCUT2D eigenvalue weighted by Crippen LogP contribution is -2.29. The number of aromatic nitrogens is 2. The number of piperidine rings is 1. The maximum atomic E-state index is 4.75. The monoisotopic (exact) mass is 333 g/mol. The number of nitrogens with zero attached hydrogens (tertiary/aromatic N) is 2. The standard InChI is InChI=1S/C16H20BrN3/c1-11-9-13(17)3-4-15(11)16-10-20(19-12(16)2)14-5-7-18-8-6-14/h3-4,9-10,14,18H,5-8H2,1-2H3. The van der Waals surface area contributed by atoms with Crippen LogP contribution in [0.15, 0.2) is 28.9 Å². The van der Waals surface area contributed by atoms with Gasteiger partial charge in [-0.1, -0.05) is 22.0 Å². The fourth-order valence-corrected chi connectivity index (χ4v) is 3.41. The molecule has 0 amide bonds. The van der Waals surface area contributed by atoms with Crippen molar-refractivity contribution in [2.45, 2.75) is 32.7 Å². The van der Waals surface area contributed by atoms with Crippen molar-refractivity contribution in [3.63, 3.8) is 0 Å². The zero-order valence-electron chi connectivity index (χ0n) is 12.0. The van der Waals surface area contributed by atoms with Gasteiger partial charge < -0.3 is 5.32 Å². The van der Waals surface area contributed by atoms with E-state index in [1.165, 1.54) is 29.5 Å². The molecular weight excluding hydrogens is 314 g/mol. The molecule has 1 N–H and O–H groups in total. The largest absolute Gasteiger partial charge is 0.317 e. The predicted molar refractivity (Wildman–Crippen MR) is 86.0 cm³/mol. The van der Waals surface area contributed by atoms with Crippen LogP contribution in [-0.2, 0) is 0 Å². The van der Waals surface area contributed by atoms with Crippen LogP contribution < -0.4 is 5.32 Å². The molecule has 0 unspecified atom stereocenters. The van der Waals surface area contributed by atoms with Gasteiger partial charge in [-0.2, -0.15) is 5.10 Å². The average molecular weight is 334 g/mol. The van der Waals surface area contributed by atoms with E-state index in [4.69, 9.17) is 5.10 Å². The second-order valence-corrected chi connectivity index (χ2v) is 6.46. The molecule has 1 aromatic heterocycles. The predicted octanol–water partition coefficient (Wildman–Crippen LogP) is 3.85. The van der Waals surface area contributed by atoms with E-state index in [2.05, 4.69) is 64.2 Å². The molecule has 106 valence electrons. The van der Waals surface area contributed by atoms with E-state index in [9.17, 15) is 0 Å². The van der Waals surface area contributed by atoms with E-state index in [1.807, 2.05) is 0 Å². The van der Waals surface area contributed by atoms with Gasteiger partial charge in [0.1, 0.15) is 0 Å². The van der Waals surface area contributed by atoms with Crippen molar-refractivity contribution in [1.82, 2.24) is 15.1 Å². The first-order chi connectivity index (χ1) is 9.65. The highest BCUT2D eigenvalue weighted by atomic mass is 79.9. The van der Waals surface area contributed by atoms with Crippen molar-refractivity contribution in [3.05, 3.63) is 40.1 Å². The molecule has 0 saturated carbocycles. The second-order valence-electron chi connectivity index (χ2n) is 5.55. The molecule has 0 bridgehead atoms. The molecule has 3 nitrogen and oxygen atoms in total. The van der Waals surface area contributed by atoms with E-state index < -0.39 is 0 Å². The van der Waals surface area contributed by atoms with E-state index in [0.29, 0.717) is 6.04 Å². The number of hydrogen-bond acceptors (Lipinski definition) is 2. The Hall–Kier alpha value is -1.13. The lowest BCUT2D eigenvalue weighted by Gasteiger charge is -2.22. The first-order valence-electron chi connectivity index (χ1n) is 7.18. The number of rotatable bonds is 2. The second kappa shape index (κ2) is 5.70. The fraction of sp³-hybridized carbons (Fsp3) is 0.438. The first-order valence-corrected chi connectivity index (χ1v) is 7.97. The molecule has 1 aromatic carbocycles. The molecule has 1 fully saturated rings. The van der Waals surface area contributed by atoms with Gasteiger partial charge in [0.15, 0.2) is 0 Å². The topological polar surface area (TPSA) is 29.9 Å². The molecule has 1 aliphatic heterocycles. The van der Waals surface area contributed by atoms with Crippen LogP contribution in [0.25, 0.3) is 11.1 Å². The van der Waals surface area contributed by atoms with Crippen molar-refractivity contribution in [2.24, 2.45) is 0 Å². The SMILES string of the molecule is Cc1cc(Br)ccc1-c1cn(C2CCNCC2)nc1C. The van der Waals surface area contributed by atoms with Crippen LogP contribution >= 0.6 is 15.9 Å². The Labute approximate surface area is 128 Å². The quantitative estimate of drug-likeness (QED) is 0.904. The normalized spacial score (nSPS) is 16.6. The maximum absolute atomic E-state index is 4.75. The van der Waals surface area contributed by atoms with E-state index in [1.54, 1.807) is 0 Å². The van der Waals surface area contributed by atoms with Gasteiger partial charge in [-0.05, 0) is 63.0 Å². The number of aryl methyl sites for hydroxylation is 2. The summed E-state index contributed by atoms with van der Waals surface area (Å²) < 4.78 is 3.30. The summed E-state index contributed by atoms with van der Waals surface area (Å²) in [5.41, 5.74) is 4.95. The molecule has 4 heteroatoms. The van der Waals surface area contributed by atoms with Gasteiger partial charge in [0, 0.05) is 16.2 Å². The third-order valence-corrected chi connectivity index (χ3v) is 4.57. The minimum absolute atomic E-state index is 0.541. The average Bonchev–Trinajstić information content (AvgIpc) is 2.82. The molecule has 0 radical (unpaired) electrons. The van der Waals surface area contributed by atoms with Crippen LogP contribution in [0, 0.1) is 13.8 Å². The highest BCUT2D eigenvalue weighted by Gasteiger charge is 2.18. The Balaban J connectivity index is 1.95. The Morgan fingerprint density at radius 2 is 1.95 bits per heavy atom. The molecule has 3 rings (SSSR count). The van der Waals surface area contributed by atoms with Gasteiger partial charge in [-0.3, -0.25) is 4.68 Å². The highest BCUT2D eigenvalue weighted by Crippen LogP contribution is 2.30. The number of halogens is 1. The number of benzene rings is 1. The summed E-state index contributed by atoms with van der Waals surface area (Å²) in [6.07, 6.45) is 4.56. The van der Waals surface area contributed by atoms with E-state index in [-0.39, 0.29) is 0 Å². The molecule has 2 heterocycles. The zero-order valence-corrected chi connectivity index (χ0v) is 13.6. The van der Waals surface area contributed by atoms with Crippen molar-refractivity contribution in [3.8, 4) is 11.1 Å². The Morgan fingerprint density at radius 3 is 2.65 bits per heavy atom. The Kier molecular flexibility index (Phi) is 3.94. The molecule has 2 aromatic rings. The summed E-state index contributed by atoms with van der Waals surface area (Å²) in [5.74, 6) is 0. The van der Waals surface area contributed by atoms with Gasteiger partial charge in [-0.25, -0.2) is 0 Å². The third kappa shape index (κ3) is 2.67.